The first kappa shape index (κ1) is 22.7. The van der Waals surface area contributed by atoms with Gasteiger partial charge in [-0.15, -0.1) is 0 Å². The van der Waals surface area contributed by atoms with Gasteiger partial charge in [-0.05, 0) is 24.6 Å². The second-order valence-electron chi connectivity index (χ2n) is 6.19. The van der Waals surface area contributed by atoms with Crippen molar-refractivity contribution < 1.29 is 25.7 Å². The summed E-state index contributed by atoms with van der Waals surface area (Å²) in [6.07, 6.45) is 0. The summed E-state index contributed by atoms with van der Waals surface area (Å²) in [4.78, 5) is 0.171. The molecule has 0 spiro atoms. The Hall–Kier alpha value is -1.56. The zero-order chi connectivity index (χ0) is 20.6. The van der Waals surface area contributed by atoms with Gasteiger partial charge < -0.3 is 10.5 Å². The number of sulfonamides is 1. The summed E-state index contributed by atoms with van der Waals surface area (Å²) < 4.78 is 29.9. The van der Waals surface area contributed by atoms with Crippen molar-refractivity contribution in [3.05, 3.63) is 106 Å². The van der Waals surface area contributed by atoms with E-state index in [9.17, 15) is 8.42 Å². The molecule has 0 aromatic heterocycles. The SMILES string of the molecule is Cc1ccc(S(=O)(=O)[N-][C@@H](c2ccccc2)[C@@H](N)c2ccccc2)cc1.[Cl][Ru+]. The van der Waals surface area contributed by atoms with Gasteiger partial charge in [0.1, 0.15) is 10.0 Å². The van der Waals surface area contributed by atoms with E-state index in [1.165, 1.54) is 0 Å². The molecule has 3 aromatic rings. The van der Waals surface area contributed by atoms with Crippen LogP contribution in [-0.4, -0.2) is 8.42 Å². The van der Waals surface area contributed by atoms with E-state index in [1.54, 1.807) is 24.3 Å². The van der Waals surface area contributed by atoms with Gasteiger partial charge in [-0.1, -0.05) is 90.0 Å². The van der Waals surface area contributed by atoms with Crippen molar-refractivity contribution in [3.8, 4) is 0 Å². The zero-order valence-electron chi connectivity index (χ0n) is 15.2. The fourth-order valence-electron chi connectivity index (χ4n) is 2.76. The van der Waals surface area contributed by atoms with Crippen LogP contribution in [0.15, 0.2) is 89.8 Å². The average molecular weight is 502 g/mol. The van der Waals surface area contributed by atoms with Gasteiger partial charge in [0.2, 0.25) is 0 Å². The Morgan fingerprint density at radius 1 is 0.821 bits per heavy atom. The summed E-state index contributed by atoms with van der Waals surface area (Å²) >= 11 is 1.82. The Bertz CT molecular complexity index is 953. The van der Waals surface area contributed by atoms with Crippen molar-refractivity contribution in [2.24, 2.45) is 5.73 Å². The van der Waals surface area contributed by atoms with Crippen molar-refractivity contribution in [2.45, 2.75) is 23.9 Å². The van der Waals surface area contributed by atoms with E-state index >= 15 is 0 Å². The van der Waals surface area contributed by atoms with E-state index in [0.29, 0.717) is 0 Å². The molecular formula is C21H21ClN2O2RuS. The van der Waals surface area contributed by atoms with Gasteiger partial charge in [-0.2, -0.15) is 0 Å². The maximum absolute atomic E-state index is 12.8. The van der Waals surface area contributed by atoms with Crippen LogP contribution in [0.5, 0.6) is 0 Å². The predicted molar refractivity (Wildman–Crippen MR) is 110 cm³/mol. The minimum atomic E-state index is -3.83. The molecule has 2 atom stereocenters. The molecule has 0 aliphatic heterocycles. The van der Waals surface area contributed by atoms with Crippen molar-refractivity contribution in [2.75, 3.05) is 0 Å². The molecule has 0 aliphatic carbocycles. The molecule has 148 valence electrons. The van der Waals surface area contributed by atoms with Gasteiger partial charge >= 0.3 is 27.0 Å². The summed E-state index contributed by atoms with van der Waals surface area (Å²) in [7, 11) is 0.736. The number of rotatable bonds is 6. The molecular weight excluding hydrogens is 481 g/mol. The molecule has 0 aliphatic rings. The fourth-order valence-corrected chi connectivity index (χ4v) is 3.92. The Labute approximate surface area is 180 Å². The number of hydrogen-bond acceptors (Lipinski definition) is 3. The van der Waals surface area contributed by atoms with Crippen LogP contribution < -0.4 is 5.73 Å². The van der Waals surface area contributed by atoms with Gasteiger partial charge in [0.25, 0.3) is 0 Å². The second kappa shape index (κ2) is 10.8. The Kier molecular flexibility index (Phi) is 8.80. The van der Waals surface area contributed by atoms with Crippen molar-refractivity contribution >= 4 is 19.7 Å². The van der Waals surface area contributed by atoms with Crippen LogP contribution in [-0.2, 0) is 27.3 Å². The molecule has 3 rings (SSSR count). The number of hydrogen-bond donors (Lipinski definition) is 1. The van der Waals surface area contributed by atoms with Gasteiger partial charge in [-0.25, -0.2) is 8.42 Å². The molecule has 0 saturated heterocycles. The standard InChI is InChI=1S/C21H21N2O2S.ClH.Ru/c1-16-12-14-19(15-13-16)26(24,25)23-21(18-10-6-3-7-11-18)20(22)17-8-4-2-5-9-17;;/h2-15,20-21H,22H2,1H3;1H;/q-1;;+2/p-1/t20-,21-;;/m0../s1. The molecule has 0 radical (unpaired) electrons. The quantitative estimate of drug-likeness (QED) is 0.472. The molecule has 0 saturated carbocycles. The first-order valence-electron chi connectivity index (χ1n) is 8.50. The predicted octanol–water partition coefficient (Wildman–Crippen LogP) is 5.19. The van der Waals surface area contributed by atoms with Crippen LogP contribution in [0.4, 0.5) is 0 Å². The van der Waals surface area contributed by atoms with Crippen molar-refractivity contribution in [1.82, 2.24) is 0 Å². The van der Waals surface area contributed by atoms with Gasteiger partial charge in [0, 0.05) is 10.9 Å². The molecule has 0 fully saturated rings. The fraction of sp³-hybridized carbons (Fsp3) is 0.143. The van der Waals surface area contributed by atoms with Crippen LogP contribution in [0.25, 0.3) is 4.72 Å². The molecule has 7 heteroatoms. The van der Waals surface area contributed by atoms with E-state index < -0.39 is 22.1 Å². The van der Waals surface area contributed by atoms with E-state index in [-0.39, 0.29) is 4.90 Å². The zero-order valence-corrected chi connectivity index (χ0v) is 18.5. The number of nitrogens with zero attached hydrogens (tertiary/aromatic N) is 1. The molecule has 28 heavy (non-hydrogen) atoms. The monoisotopic (exact) mass is 502 g/mol. The molecule has 2 N–H and O–H groups in total. The maximum atomic E-state index is 12.8. The summed E-state index contributed by atoms with van der Waals surface area (Å²) in [6.45, 7) is 1.91. The van der Waals surface area contributed by atoms with Gasteiger partial charge in [0.05, 0.1) is 0 Å². The molecule has 4 nitrogen and oxygen atoms in total. The number of halogens is 1. The molecule has 0 bridgehead atoms. The Morgan fingerprint density at radius 2 is 1.29 bits per heavy atom. The Morgan fingerprint density at radius 3 is 1.79 bits per heavy atom. The Balaban J connectivity index is 0.00000136. The number of benzene rings is 3. The summed E-state index contributed by atoms with van der Waals surface area (Å²) in [5, 5.41) is 0. The first-order valence-corrected chi connectivity index (χ1v) is 12.2. The van der Waals surface area contributed by atoms with Crippen LogP contribution in [0.1, 0.15) is 28.8 Å². The summed E-state index contributed by atoms with van der Waals surface area (Å²) in [5.74, 6) is 0. The van der Waals surface area contributed by atoms with Gasteiger partial charge in [-0.3, -0.25) is 0 Å². The van der Waals surface area contributed by atoms with E-state index in [2.05, 4.69) is 14.4 Å². The van der Waals surface area contributed by atoms with Crippen molar-refractivity contribution in [3.63, 3.8) is 0 Å². The third-order valence-corrected chi connectivity index (χ3v) is 5.61. The van der Waals surface area contributed by atoms with Crippen LogP contribution >= 0.6 is 9.69 Å². The molecule has 0 unspecified atom stereocenters. The third-order valence-electron chi connectivity index (χ3n) is 4.24. The summed E-state index contributed by atoms with van der Waals surface area (Å²) in [5.41, 5.74) is 9.01. The third kappa shape index (κ3) is 5.97. The van der Waals surface area contributed by atoms with Gasteiger partial charge in [0.15, 0.2) is 0 Å². The molecule has 0 amide bonds. The van der Waals surface area contributed by atoms with Crippen molar-refractivity contribution in [1.29, 1.82) is 0 Å². The van der Waals surface area contributed by atoms with E-state index in [4.69, 9.17) is 5.73 Å². The minimum absolute atomic E-state index is 0.171. The topological polar surface area (TPSA) is 74.3 Å². The van der Waals surface area contributed by atoms with Crippen LogP contribution in [0, 0.1) is 6.92 Å². The second-order valence-corrected chi connectivity index (χ2v) is 7.82. The molecule has 3 aromatic carbocycles. The average Bonchev–Trinajstić information content (AvgIpc) is 2.74. The number of aryl methyl sites for hydroxylation is 1. The first-order chi connectivity index (χ1) is 13.5. The summed E-state index contributed by atoms with van der Waals surface area (Å²) in [6, 6.07) is 24.1. The van der Waals surface area contributed by atoms with Crippen LogP contribution in [0.2, 0.25) is 0 Å². The molecule has 0 heterocycles. The van der Waals surface area contributed by atoms with E-state index in [1.807, 2.05) is 84.9 Å². The number of nitrogens with two attached hydrogens (primary N) is 1. The van der Waals surface area contributed by atoms with E-state index in [0.717, 1.165) is 16.7 Å². The normalized spacial score (nSPS) is 13.1. The van der Waals surface area contributed by atoms with Crippen LogP contribution in [0.3, 0.4) is 0 Å².